The van der Waals surface area contributed by atoms with E-state index in [1.54, 1.807) is 16.2 Å². The van der Waals surface area contributed by atoms with Gasteiger partial charge in [0.15, 0.2) is 5.54 Å². The molecule has 2 aliphatic heterocycles. The summed E-state index contributed by atoms with van der Waals surface area (Å²) in [6.45, 7) is 2.56. The van der Waals surface area contributed by atoms with E-state index in [-0.39, 0.29) is 5.54 Å². The van der Waals surface area contributed by atoms with E-state index in [1.165, 1.54) is 48.8 Å². The molecule has 1 saturated heterocycles. The molecular formula is C21H23N2+. The van der Waals surface area contributed by atoms with E-state index in [1.807, 2.05) is 0 Å². The summed E-state index contributed by atoms with van der Waals surface area (Å²) < 4.78 is 2.49. The second-order valence-electron chi connectivity index (χ2n) is 7.13. The van der Waals surface area contributed by atoms with Crippen LogP contribution in [0.1, 0.15) is 29.7 Å². The molecule has 2 aliphatic rings. The molecule has 0 bridgehead atoms. The van der Waals surface area contributed by atoms with Crippen molar-refractivity contribution in [3.63, 3.8) is 0 Å². The predicted molar refractivity (Wildman–Crippen MR) is 93.8 cm³/mol. The summed E-state index contributed by atoms with van der Waals surface area (Å²) in [4.78, 5) is 1.77. The first-order valence-corrected chi connectivity index (χ1v) is 8.80. The smallest absolute Gasteiger partial charge is 0.164 e. The van der Waals surface area contributed by atoms with Crippen molar-refractivity contribution in [3.05, 3.63) is 71.4 Å². The van der Waals surface area contributed by atoms with Gasteiger partial charge in [-0.05, 0) is 11.6 Å². The minimum atomic E-state index is 0.155. The van der Waals surface area contributed by atoms with Crippen molar-refractivity contribution >= 4 is 10.9 Å². The zero-order valence-electron chi connectivity index (χ0n) is 13.7. The van der Waals surface area contributed by atoms with Gasteiger partial charge >= 0.3 is 0 Å². The number of nitrogens with zero attached hydrogens (tertiary/aromatic N) is 1. The van der Waals surface area contributed by atoms with Crippen LogP contribution < -0.4 is 4.90 Å². The van der Waals surface area contributed by atoms with Crippen molar-refractivity contribution in [2.45, 2.75) is 24.8 Å². The van der Waals surface area contributed by atoms with Crippen molar-refractivity contribution in [1.29, 1.82) is 0 Å². The fourth-order valence-electron chi connectivity index (χ4n) is 5.33. The van der Waals surface area contributed by atoms with Gasteiger partial charge < -0.3 is 9.47 Å². The van der Waals surface area contributed by atoms with Crippen LogP contribution in [0.15, 0.2) is 54.6 Å². The molecule has 2 aromatic carbocycles. The molecule has 0 saturated carbocycles. The standard InChI is InChI=1S/C21H22N2/c1-22-19-11-6-5-10-17(19)18-12-15-23-14-7-13-21(23,20(18)22)16-8-3-2-4-9-16/h2-6,8-11H,7,12-15H2,1H3/p+1/t21-/m0/s1. The number of hydrogen-bond donors (Lipinski definition) is 1. The van der Waals surface area contributed by atoms with Crippen molar-refractivity contribution in [1.82, 2.24) is 4.57 Å². The maximum atomic E-state index is 2.49. The van der Waals surface area contributed by atoms with Gasteiger partial charge in [-0.3, -0.25) is 0 Å². The normalized spacial score (nSPS) is 26.2. The van der Waals surface area contributed by atoms with Crippen molar-refractivity contribution in [3.8, 4) is 0 Å². The van der Waals surface area contributed by atoms with Gasteiger partial charge in [-0.2, -0.15) is 0 Å². The van der Waals surface area contributed by atoms with E-state index < -0.39 is 0 Å². The summed E-state index contributed by atoms with van der Waals surface area (Å²) in [5.74, 6) is 0. The number of aryl methyl sites for hydroxylation is 1. The highest BCUT2D eigenvalue weighted by Crippen LogP contribution is 2.41. The highest BCUT2D eigenvalue weighted by molar-refractivity contribution is 5.86. The van der Waals surface area contributed by atoms with E-state index in [4.69, 9.17) is 0 Å². The Bertz CT molecular complexity index is 877. The topological polar surface area (TPSA) is 9.37 Å². The van der Waals surface area contributed by atoms with E-state index in [0.29, 0.717) is 0 Å². The lowest BCUT2D eigenvalue weighted by Crippen LogP contribution is -3.18. The van der Waals surface area contributed by atoms with E-state index in [2.05, 4.69) is 66.2 Å². The van der Waals surface area contributed by atoms with Gasteiger partial charge in [-0.15, -0.1) is 0 Å². The lowest BCUT2D eigenvalue weighted by atomic mass is 9.79. The van der Waals surface area contributed by atoms with Gasteiger partial charge in [-0.25, -0.2) is 0 Å². The molecule has 0 aliphatic carbocycles. The molecular weight excluding hydrogens is 280 g/mol. The van der Waals surface area contributed by atoms with E-state index in [9.17, 15) is 0 Å². The van der Waals surface area contributed by atoms with Crippen molar-refractivity contribution < 1.29 is 4.90 Å². The van der Waals surface area contributed by atoms with Crippen LogP contribution in [-0.4, -0.2) is 17.7 Å². The minimum absolute atomic E-state index is 0.155. The molecule has 0 spiro atoms. The molecule has 3 aromatic rings. The average Bonchev–Trinajstić information content (AvgIpc) is 3.17. The molecule has 116 valence electrons. The fourth-order valence-corrected chi connectivity index (χ4v) is 5.33. The van der Waals surface area contributed by atoms with Gasteiger partial charge in [0.2, 0.25) is 0 Å². The number of aromatic nitrogens is 1. The fraction of sp³-hybridized carbons (Fsp3) is 0.333. The SMILES string of the molecule is Cn1c2c(c3ccccc31)CC[NH+]1CCC[C@]21c1ccccc1. The van der Waals surface area contributed by atoms with Gasteiger partial charge in [0.1, 0.15) is 0 Å². The van der Waals surface area contributed by atoms with Crippen LogP contribution in [0.2, 0.25) is 0 Å². The quantitative estimate of drug-likeness (QED) is 0.708. The molecule has 0 radical (unpaired) electrons. The Morgan fingerprint density at radius 3 is 2.61 bits per heavy atom. The molecule has 1 fully saturated rings. The largest absolute Gasteiger partial charge is 0.342 e. The predicted octanol–water partition coefficient (Wildman–Crippen LogP) is 2.66. The van der Waals surface area contributed by atoms with Crippen LogP contribution in [-0.2, 0) is 19.0 Å². The zero-order valence-corrected chi connectivity index (χ0v) is 13.7. The Balaban J connectivity index is 1.88. The highest BCUT2D eigenvalue weighted by Gasteiger charge is 2.53. The number of benzene rings is 2. The number of hydrogen-bond acceptors (Lipinski definition) is 0. The third-order valence-electron chi connectivity index (χ3n) is 6.19. The Morgan fingerprint density at radius 2 is 1.74 bits per heavy atom. The van der Waals surface area contributed by atoms with Crippen LogP contribution in [0.25, 0.3) is 10.9 Å². The monoisotopic (exact) mass is 303 g/mol. The third-order valence-corrected chi connectivity index (χ3v) is 6.19. The van der Waals surface area contributed by atoms with E-state index >= 15 is 0 Å². The zero-order chi connectivity index (χ0) is 15.4. The molecule has 1 aromatic heterocycles. The number of quaternary nitrogens is 1. The second kappa shape index (κ2) is 4.72. The lowest BCUT2D eigenvalue weighted by molar-refractivity contribution is -0.943. The van der Waals surface area contributed by atoms with Crippen LogP contribution in [0.3, 0.4) is 0 Å². The summed E-state index contributed by atoms with van der Waals surface area (Å²) in [5, 5.41) is 1.46. The van der Waals surface area contributed by atoms with Crippen molar-refractivity contribution in [2.75, 3.05) is 13.1 Å². The number of fused-ring (bicyclic) bond motifs is 5. The van der Waals surface area contributed by atoms with Crippen LogP contribution >= 0.6 is 0 Å². The maximum absolute atomic E-state index is 2.49. The third kappa shape index (κ3) is 1.62. The molecule has 0 amide bonds. The number of para-hydroxylation sites is 1. The molecule has 23 heavy (non-hydrogen) atoms. The minimum Gasteiger partial charge on any atom is -0.342 e. The van der Waals surface area contributed by atoms with Crippen molar-refractivity contribution in [2.24, 2.45) is 7.05 Å². The summed E-state index contributed by atoms with van der Waals surface area (Å²) in [6, 6.07) is 20.2. The van der Waals surface area contributed by atoms with E-state index in [0.717, 1.165) is 0 Å². The number of rotatable bonds is 1. The molecule has 2 nitrogen and oxygen atoms in total. The van der Waals surface area contributed by atoms with Gasteiger partial charge in [0.25, 0.3) is 0 Å². The van der Waals surface area contributed by atoms with Crippen LogP contribution in [0, 0.1) is 0 Å². The van der Waals surface area contributed by atoms with Gasteiger partial charge in [0, 0.05) is 42.8 Å². The van der Waals surface area contributed by atoms with Gasteiger partial charge in [0.05, 0.1) is 18.8 Å². The first-order valence-electron chi connectivity index (χ1n) is 8.80. The first-order chi connectivity index (χ1) is 11.3. The Kier molecular flexibility index (Phi) is 2.75. The Morgan fingerprint density at radius 1 is 0.957 bits per heavy atom. The maximum Gasteiger partial charge on any atom is 0.164 e. The number of nitrogens with one attached hydrogen (secondary N) is 1. The summed E-state index contributed by atoms with van der Waals surface area (Å²) >= 11 is 0. The summed E-state index contributed by atoms with van der Waals surface area (Å²) in [7, 11) is 2.27. The summed E-state index contributed by atoms with van der Waals surface area (Å²) in [5.41, 5.74) is 6.21. The molecule has 2 heteroatoms. The van der Waals surface area contributed by atoms with Crippen LogP contribution in [0.4, 0.5) is 0 Å². The molecule has 1 unspecified atom stereocenters. The average molecular weight is 303 g/mol. The molecule has 5 rings (SSSR count). The lowest BCUT2D eigenvalue weighted by Gasteiger charge is -2.40. The summed E-state index contributed by atoms with van der Waals surface area (Å²) in [6.07, 6.45) is 3.80. The Labute approximate surface area is 137 Å². The van der Waals surface area contributed by atoms with Gasteiger partial charge in [-0.1, -0.05) is 48.5 Å². The second-order valence-corrected chi connectivity index (χ2v) is 7.13. The molecule has 1 N–H and O–H groups in total. The Hall–Kier alpha value is -2.06. The molecule has 3 heterocycles. The first kappa shape index (κ1) is 13.4. The highest BCUT2D eigenvalue weighted by atomic mass is 15.3. The van der Waals surface area contributed by atoms with Crippen LogP contribution in [0.5, 0.6) is 0 Å². The molecule has 2 atom stereocenters.